The molecule has 5 heteroatoms. The van der Waals surface area contributed by atoms with Crippen LogP contribution in [0.2, 0.25) is 0 Å². The molecule has 25 heavy (non-hydrogen) atoms. The van der Waals surface area contributed by atoms with Crippen LogP contribution in [-0.2, 0) is 16.0 Å². The molecule has 0 unspecified atom stereocenters. The zero-order chi connectivity index (χ0) is 18.7. The summed E-state index contributed by atoms with van der Waals surface area (Å²) in [5, 5.41) is 10.2. The van der Waals surface area contributed by atoms with E-state index in [0.29, 0.717) is 17.9 Å². The molecule has 1 aromatic carbocycles. The molecule has 0 amide bonds. The summed E-state index contributed by atoms with van der Waals surface area (Å²) in [6, 6.07) is 1.96. The van der Waals surface area contributed by atoms with Gasteiger partial charge in [0.1, 0.15) is 0 Å². The highest BCUT2D eigenvalue weighted by Gasteiger charge is 2.15. The SMILES string of the molecule is COC(=O)CCCCCCCCCc1cc(OC)c(OC)c(O)c1C. The standard InChI is InChI=1S/C20H32O5/c1-15-16(14-17(23-2)20(25-4)19(15)22)12-10-8-6-5-7-9-11-13-18(21)24-3/h14,22H,5-13H2,1-4H3. The number of esters is 1. The van der Waals surface area contributed by atoms with Gasteiger partial charge in [-0.3, -0.25) is 4.79 Å². The Labute approximate surface area is 151 Å². The first kappa shape index (κ1) is 21.1. The second-order valence-electron chi connectivity index (χ2n) is 6.30. The van der Waals surface area contributed by atoms with Crippen LogP contribution in [0.1, 0.15) is 62.5 Å². The topological polar surface area (TPSA) is 65.0 Å². The van der Waals surface area contributed by atoms with Gasteiger partial charge in [0, 0.05) is 6.42 Å². The Morgan fingerprint density at radius 2 is 1.56 bits per heavy atom. The quantitative estimate of drug-likeness (QED) is 0.441. The Bertz CT molecular complexity index is 539. The van der Waals surface area contributed by atoms with Crippen molar-refractivity contribution in [3.05, 3.63) is 17.2 Å². The van der Waals surface area contributed by atoms with Crippen LogP contribution < -0.4 is 9.47 Å². The number of carbonyl (C=O) groups is 1. The molecule has 1 N–H and O–H groups in total. The van der Waals surface area contributed by atoms with Gasteiger partial charge in [0.15, 0.2) is 11.5 Å². The maximum Gasteiger partial charge on any atom is 0.305 e. The second-order valence-corrected chi connectivity index (χ2v) is 6.30. The number of hydrogen-bond donors (Lipinski definition) is 1. The number of aromatic hydroxyl groups is 1. The highest BCUT2D eigenvalue weighted by molar-refractivity contribution is 5.68. The summed E-state index contributed by atoms with van der Waals surface area (Å²) in [6.45, 7) is 1.91. The van der Waals surface area contributed by atoms with E-state index >= 15 is 0 Å². The van der Waals surface area contributed by atoms with E-state index in [-0.39, 0.29) is 11.7 Å². The van der Waals surface area contributed by atoms with E-state index in [1.54, 1.807) is 7.11 Å². The number of methoxy groups -OCH3 is 3. The van der Waals surface area contributed by atoms with E-state index in [1.807, 2.05) is 13.0 Å². The van der Waals surface area contributed by atoms with Crippen molar-refractivity contribution in [1.29, 1.82) is 0 Å². The van der Waals surface area contributed by atoms with Crippen LogP contribution >= 0.6 is 0 Å². The molecule has 0 bridgehead atoms. The number of benzene rings is 1. The van der Waals surface area contributed by atoms with Crippen molar-refractivity contribution in [3.63, 3.8) is 0 Å². The number of phenols is 1. The molecular formula is C20H32O5. The molecule has 0 aliphatic rings. The molecule has 0 radical (unpaired) electrons. The maximum atomic E-state index is 11.0. The average molecular weight is 352 g/mol. The van der Waals surface area contributed by atoms with Gasteiger partial charge >= 0.3 is 5.97 Å². The summed E-state index contributed by atoms with van der Waals surface area (Å²) in [4.78, 5) is 11.0. The van der Waals surface area contributed by atoms with Gasteiger partial charge in [-0.15, -0.1) is 0 Å². The third-order valence-corrected chi connectivity index (χ3v) is 4.56. The minimum Gasteiger partial charge on any atom is -0.504 e. The Kier molecular flexibility index (Phi) is 9.81. The zero-order valence-electron chi connectivity index (χ0n) is 16.0. The molecule has 0 atom stereocenters. The predicted octanol–water partition coefficient (Wildman–Crippen LogP) is 4.55. The number of unbranched alkanes of at least 4 members (excludes halogenated alkanes) is 6. The maximum absolute atomic E-state index is 11.0. The van der Waals surface area contributed by atoms with Crippen LogP contribution in [0, 0.1) is 6.92 Å². The van der Waals surface area contributed by atoms with E-state index in [9.17, 15) is 9.90 Å². The summed E-state index contributed by atoms with van der Waals surface area (Å²) >= 11 is 0. The molecule has 0 fully saturated rings. The van der Waals surface area contributed by atoms with Crippen LogP contribution in [0.4, 0.5) is 0 Å². The van der Waals surface area contributed by atoms with Crippen LogP contribution in [0.25, 0.3) is 0 Å². The van der Waals surface area contributed by atoms with Gasteiger partial charge in [-0.05, 0) is 43.4 Å². The monoisotopic (exact) mass is 352 g/mol. The molecule has 5 nitrogen and oxygen atoms in total. The normalized spacial score (nSPS) is 10.6. The molecule has 0 aromatic heterocycles. The van der Waals surface area contributed by atoms with Gasteiger partial charge in [-0.25, -0.2) is 0 Å². The molecule has 0 aliphatic carbocycles. The largest absolute Gasteiger partial charge is 0.504 e. The van der Waals surface area contributed by atoms with Crippen LogP contribution in [-0.4, -0.2) is 32.4 Å². The first-order valence-corrected chi connectivity index (χ1v) is 9.05. The van der Waals surface area contributed by atoms with Gasteiger partial charge in [-0.2, -0.15) is 0 Å². The minimum absolute atomic E-state index is 0.117. The molecule has 0 saturated carbocycles. The fourth-order valence-corrected chi connectivity index (χ4v) is 2.95. The summed E-state index contributed by atoms with van der Waals surface area (Å²) in [5.74, 6) is 1.03. The van der Waals surface area contributed by atoms with Gasteiger partial charge in [0.25, 0.3) is 0 Å². The van der Waals surface area contributed by atoms with Crippen molar-refractivity contribution in [2.45, 2.75) is 64.7 Å². The third-order valence-electron chi connectivity index (χ3n) is 4.56. The van der Waals surface area contributed by atoms with Crippen molar-refractivity contribution in [3.8, 4) is 17.2 Å². The molecule has 1 rings (SSSR count). The van der Waals surface area contributed by atoms with Crippen molar-refractivity contribution >= 4 is 5.97 Å². The lowest BCUT2D eigenvalue weighted by atomic mass is 9.99. The Hall–Kier alpha value is -1.91. The van der Waals surface area contributed by atoms with Crippen molar-refractivity contribution in [2.24, 2.45) is 0 Å². The van der Waals surface area contributed by atoms with Gasteiger partial charge < -0.3 is 19.3 Å². The lowest BCUT2D eigenvalue weighted by Gasteiger charge is -2.15. The summed E-state index contributed by atoms with van der Waals surface area (Å²) in [6.07, 6.45) is 9.22. The number of hydrogen-bond acceptors (Lipinski definition) is 5. The third kappa shape index (κ3) is 6.85. The van der Waals surface area contributed by atoms with Gasteiger partial charge in [0.2, 0.25) is 5.75 Å². The molecule has 142 valence electrons. The highest BCUT2D eigenvalue weighted by Crippen LogP contribution is 2.41. The van der Waals surface area contributed by atoms with Gasteiger partial charge in [-0.1, -0.05) is 32.1 Å². The predicted molar refractivity (Wildman–Crippen MR) is 98.6 cm³/mol. The number of carbonyl (C=O) groups excluding carboxylic acids is 1. The van der Waals surface area contributed by atoms with Crippen molar-refractivity contribution in [2.75, 3.05) is 21.3 Å². The average Bonchev–Trinajstić information content (AvgIpc) is 2.62. The molecule has 0 heterocycles. The zero-order valence-corrected chi connectivity index (χ0v) is 16.0. The van der Waals surface area contributed by atoms with Crippen molar-refractivity contribution < 1.29 is 24.1 Å². The molecule has 0 aliphatic heterocycles. The van der Waals surface area contributed by atoms with E-state index in [0.717, 1.165) is 49.7 Å². The molecule has 1 aromatic rings. The first-order valence-electron chi connectivity index (χ1n) is 9.05. The number of phenolic OH excluding ortho intramolecular Hbond substituents is 1. The Morgan fingerprint density at radius 1 is 0.960 bits per heavy atom. The van der Waals surface area contributed by atoms with E-state index < -0.39 is 0 Å². The smallest absolute Gasteiger partial charge is 0.305 e. The van der Waals surface area contributed by atoms with E-state index in [4.69, 9.17) is 9.47 Å². The second kappa shape index (κ2) is 11.6. The molecule has 0 spiro atoms. The molecule has 0 saturated heterocycles. The Morgan fingerprint density at radius 3 is 2.12 bits per heavy atom. The van der Waals surface area contributed by atoms with Crippen LogP contribution in [0.5, 0.6) is 17.2 Å². The first-order chi connectivity index (χ1) is 12.0. The summed E-state index contributed by atoms with van der Waals surface area (Å²) < 4.78 is 15.1. The van der Waals surface area contributed by atoms with Crippen LogP contribution in [0.15, 0.2) is 6.07 Å². The van der Waals surface area contributed by atoms with E-state index in [2.05, 4.69) is 4.74 Å². The number of ether oxygens (including phenoxy) is 3. The Balaban J connectivity index is 2.28. The fourth-order valence-electron chi connectivity index (χ4n) is 2.95. The number of rotatable bonds is 12. The summed E-state index contributed by atoms with van der Waals surface area (Å²) in [7, 11) is 4.54. The highest BCUT2D eigenvalue weighted by atomic mass is 16.5. The lowest BCUT2D eigenvalue weighted by molar-refractivity contribution is -0.140. The van der Waals surface area contributed by atoms with Gasteiger partial charge in [0.05, 0.1) is 21.3 Å². The van der Waals surface area contributed by atoms with Crippen molar-refractivity contribution in [1.82, 2.24) is 0 Å². The minimum atomic E-state index is -0.117. The lowest BCUT2D eigenvalue weighted by Crippen LogP contribution is -1.99. The molecular weight excluding hydrogens is 320 g/mol. The summed E-state index contributed by atoms with van der Waals surface area (Å²) in [5.41, 5.74) is 1.97. The number of aryl methyl sites for hydroxylation is 1. The van der Waals surface area contributed by atoms with E-state index in [1.165, 1.54) is 27.1 Å². The fraction of sp³-hybridized carbons (Fsp3) is 0.650. The van der Waals surface area contributed by atoms with Crippen LogP contribution in [0.3, 0.4) is 0 Å².